The molecule has 2 heterocycles. The highest BCUT2D eigenvalue weighted by atomic mass is 15.2. The van der Waals surface area contributed by atoms with Gasteiger partial charge in [0.2, 0.25) is 0 Å². The van der Waals surface area contributed by atoms with Crippen molar-refractivity contribution in [1.29, 1.82) is 10.5 Å². The summed E-state index contributed by atoms with van der Waals surface area (Å²) in [6, 6.07) is 21.5. The lowest BCUT2D eigenvalue weighted by atomic mass is 10.1. The molecule has 3 rings (SSSR count). The summed E-state index contributed by atoms with van der Waals surface area (Å²) in [6.45, 7) is 0. The predicted octanol–water partition coefficient (Wildman–Crippen LogP) is 2.10. The number of hydrogen-bond donors (Lipinski definition) is 0. The molecule has 0 aliphatic heterocycles. The Morgan fingerprint density at radius 3 is 1.48 bits per heavy atom. The molecule has 4 heteroatoms. The largest absolute Gasteiger partial charge is 0.379 e. The molecule has 0 radical (unpaired) electrons. The van der Waals surface area contributed by atoms with Gasteiger partial charge in [0.1, 0.15) is 0 Å². The predicted molar refractivity (Wildman–Crippen MR) is 82.7 cm³/mol. The molecule has 23 heavy (non-hydrogen) atoms. The minimum atomic E-state index is -0.0864. The Morgan fingerprint density at radius 1 is 0.652 bits per heavy atom. The number of nitrogens with zero attached hydrogens (tertiary/aromatic N) is 4. The number of pyridine rings is 2. The van der Waals surface area contributed by atoms with Crippen LogP contribution in [0, 0.1) is 22.7 Å². The van der Waals surface area contributed by atoms with Crippen LogP contribution in [0.2, 0.25) is 0 Å². The third kappa shape index (κ3) is 3.07. The van der Waals surface area contributed by atoms with Crippen LogP contribution in [0.3, 0.4) is 0 Å². The summed E-state index contributed by atoms with van der Waals surface area (Å²) in [7, 11) is 0. The van der Waals surface area contributed by atoms with Gasteiger partial charge in [-0.25, -0.2) is 0 Å². The zero-order valence-corrected chi connectivity index (χ0v) is 12.4. The summed E-state index contributed by atoms with van der Waals surface area (Å²) in [4.78, 5) is 0. The minimum absolute atomic E-state index is 0.0864. The first kappa shape index (κ1) is 14.4. The van der Waals surface area contributed by atoms with Gasteiger partial charge in [-0.15, -0.1) is 9.13 Å². The molecule has 0 amide bonds. The SMILES string of the molecule is N#Cc1cc[n+](C(c2ccccc2)[n+]2ccc(C#N)cc2)cc1. The summed E-state index contributed by atoms with van der Waals surface area (Å²) in [5.41, 5.74) is 2.35. The minimum Gasteiger partial charge on any atom is -0.192 e. The lowest BCUT2D eigenvalue weighted by molar-refractivity contribution is -0.934. The second kappa shape index (κ2) is 6.51. The molecule has 1 aromatic carbocycles. The zero-order valence-electron chi connectivity index (χ0n) is 12.4. The van der Waals surface area contributed by atoms with E-state index in [4.69, 9.17) is 10.5 Å². The van der Waals surface area contributed by atoms with E-state index >= 15 is 0 Å². The van der Waals surface area contributed by atoms with Gasteiger partial charge in [0.25, 0.3) is 0 Å². The van der Waals surface area contributed by atoms with Crippen LogP contribution in [0.15, 0.2) is 79.4 Å². The van der Waals surface area contributed by atoms with E-state index in [1.54, 1.807) is 24.3 Å². The van der Waals surface area contributed by atoms with E-state index in [1.165, 1.54) is 0 Å². The average Bonchev–Trinajstić information content (AvgIpc) is 2.64. The summed E-state index contributed by atoms with van der Waals surface area (Å²) in [5.74, 6) is 0. The molecular formula is C19H14N4+2. The van der Waals surface area contributed by atoms with Gasteiger partial charge < -0.3 is 0 Å². The summed E-state index contributed by atoms with van der Waals surface area (Å²) in [5, 5.41) is 17.9. The van der Waals surface area contributed by atoms with Gasteiger partial charge in [-0.1, -0.05) is 18.2 Å². The second-order valence-electron chi connectivity index (χ2n) is 5.08. The molecule has 0 N–H and O–H groups in total. The molecule has 2 aromatic heterocycles. The molecule has 0 atom stereocenters. The van der Waals surface area contributed by atoms with E-state index in [0.29, 0.717) is 11.1 Å². The number of benzene rings is 1. The average molecular weight is 298 g/mol. The van der Waals surface area contributed by atoms with E-state index < -0.39 is 0 Å². The number of nitriles is 2. The van der Waals surface area contributed by atoms with E-state index in [2.05, 4.69) is 24.3 Å². The van der Waals surface area contributed by atoms with Gasteiger partial charge >= 0.3 is 6.17 Å². The Kier molecular flexibility index (Phi) is 4.09. The quantitative estimate of drug-likeness (QED) is 0.695. The Hall–Kier alpha value is -3.50. The van der Waals surface area contributed by atoms with Crippen LogP contribution in [0.5, 0.6) is 0 Å². The fourth-order valence-electron chi connectivity index (χ4n) is 2.47. The molecule has 0 bridgehead atoms. The van der Waals surface area contributed by atoms with Crippen LogP contribution in [0.25, 0.3) is 0 Å². The van der Waals surface area contributed by atoms with Gasteiger partial charge in [-0.3, -0.25) is 0 Å². The van der Waals surface area contributed by atoms with Crippen molar-refractivity contribution in [3.8, 4) is 12.1 Å². The van der Waals surface area contributed by atoms with Gasteiger partial charge in [-0.05, 0) is 12.1 Å². The van der Waals surface area contributed by atoms with Gasteiger partial charge in [0.15, 0.2) is 24.8 Å². The molecule has 4 nitrogen and oxygen atoms in total. The van der Waals surface area contributed by atoms with Gasteiger partial charge in [-0.2, -0.15) is 10.5 Å². The van der Waals surface area contributed by atoms with Crippen LogP contribution in [-0.2, 0) is 0 Å². The summed E-state index contributed by atoms with van der Waals surface area (Å²) >= 11 is 0. The Bertz CT molecular complexity index is 812. The van der Waals surface area contributed by atoms with Gasteiger partial charge in [0.05, 0.1) is 28.8 Å². The Balaban J connectivity index is 2.09. The van der Waals surface area contributed by atoms with Crippen LogP contribution in [-0.4, -0.2) is 0 Å². The molecule has 0 aliphatic carbocycles. The van der Waals surface area contributed by atoms with Gasteiger partial charge in [0, 0.05) is 24.3 Å². The fourth-order valence-corrected chi connectivity index (χ4v) is 2.47. The van der Waals surface area contributed by atoms with E-state index in [-0.39, 0.29) is 6.17 Å². The highest BCUT2D eigenvalue weighted by Gasteiger charge is 2.29. The maximum atomic E-state index is 8.96. The monoisotopic (exact) mass is 298 g/mol. The number of aromatic nitrogens is 2. The van der Waals surface area contributed by atoms with Crippen molar-refractivity contribution in [3.63, 3.8) is 0 Å². The smallest absolute Gasteiger partial charge is 0.192 e. The zero-order chi connectivity index (χ0) is 16.1. The molecular weight excluding hydrogens is 284 g/mol. The van der Waals surface area contributed by atoms with Crippen molar-refractivity contribution in [2.24, 2.45) is 0 Å². The Labute approximate surface area is 134 Å². The fraction of sp³-hybridized carbons (Fsp3) is 0.0526. The third-order valence-corrected chi connectivity index (χ3v) is 3.63. The molecule has 0 saturated heterocycles. The van der Waals surface area contributed by atoms with Crippen molar-refractivity contribution in [2.45, 2.75) is 6.17 Å². The van der Waals surface area contributed by atoms with Crippen LogP contribution in [0.1, 0.15) is 22.9 Å². The topological polar surface area (TPSA) is 55.3 Å². The van der Waals surface area contributed by atoms with Crippen molar-refractivity contribution in [3.05, 3.63) is 96.1 Å². The van der Waals surface area contributed by atoms with E-state index in [0.717, 1.165) is 5.56 Å². The molecule has 3 aromatic rings. The highest BCUT2D eigenvalue weighted by Crippen LogP contribution is 2.09. The highest BCUT2D eigenvalue weighted by molar-refractivity contribution is 5.25. The summed E-state index contributed by atoms with van der Waals surface area (Å²) in [6.07, 6.45) is 7.47. The van der Waals surface area contributed by atoms with Crippen molar-refractivity contribution < 1.29 is 9.13 Å². The number of hydrogen-bond acceptors (Lipinski definition) is 2. The third-order valence-electron chi connectivity index (χ3n) is 3.63. The lowest BCUT2D eigenvalue weighted by Gasteiger charge is -2.08. The maximum Gasteiger partial charge on any atom is 0.379 e. The second-order valence-corrected chi connectivity index (χ2v) is 5.08. The maximum absolute atomic E-state index is 8.96. The molecule has 0 fully saturated rings. The van der Waals surface area contributed by atoms with Crippen LogP contribution in [0.4, 0.5) is 0 Å². The lowest BCUT2D eigenvalue weighted by Crippen LogP contribution is -2.57. The van der Waals surface area contributed by atoms with E-state index in [9.17, 15) is 0 Å². The van der Waals surface area contributed by atoms with Crippen molar-refractivity contribution in [1.82, 2.24) is 0 Å². The molecule has 108 valence electrons. The molecule has 0 spiro atoms. The molecule has 0 saturated carbocycles. The first-order valence-corrected chi connectivity index (χ1v) is 7.18. The van der Waals surface area contributed by atoms with Crippen molar-refractivity contribution in [2.75, 3.05) is 0 Å². The number of rotatable bonds is 3. The van der Waals surface area contributed by atoms with Crippen LogP contribution < -0.4 is 9.13 Å². The molecule has 0 aliphatic rings. The first-order chi connectivity index (χ1) is 11.3. The normalized spacial score (nSPS) is 10.0. The van der Waals surface area contributed by atoms with Crippen molar-refractivity contribution >= 4 is 0 Å². The van der Waals surface area contributed by atoms with E-state index in [1.807, 2.05) is 52.1 Å². The standard InChI is InChI=1S/C19H14N4/c20-14-16-6-10-22(11-7-16)19(18-4-2-1-3-5-18)23-12-8-17(15-21)9-13-23/h1-13,19H/q+2. The first-order valence-electron chi connectivity index (χ1n) is 7.18. The Morgan fingerprint density at radius 2 is 1.09 bits per heavy atom. The molecule has 0 unspecified atom stereocenters. The van der Waals surface area contributed by atoms with Crippen LogP contribution >= 0.6 is 0 Å². The summed E-state index contributed by atoms with van der Waals surface area (Å²) < 4.78 is 4.06.